The molecule has 0 aromatic rings. The summed E-state index contributed by atoms with van der Waals surface area (Å²) < 4.78 is 0. The van der Waals surface area contributed by atoms with Gasteiger partial charge in [0.25, 0.3) is 0 Å². The van der Waals surface area contributed by atoms with Crippen molar-refractivity contribution in [2.75, 3.05) is 26.2 Å². The molecule has 2 N–H and O–H groups in total. The highest BCUT2D eigenvalue weighted by Gasteiger charge is 2.31. The second-order valence-electron chi connectivity index (χ2n) is 6.26. The molecule has 0 spiro atoms. The van der Waals surface area contributed by atoms with Crippen LogP contribution in [0.2, 0.25) is 0 Å². The summed E-state index contributed by atoms with van der Waals surface area (Å²) in [5.74, 6) is 1.33. The summed E-state index contributed by atoms with van der Waals surface area (Å²) in [7, 11) is 0. The predicted molar refractivity (Wildman–Crippen MR) is 75.7 cm³/mol. The highest BCUT2D eigenvalue weighted by Crippen LogP contribution is 2.28. The maximum atomic E-state index is 9.67. The lowest BCUT2D eigenvalue weighted by Crippen LogP contribution is -2.43. The molecule has 4 atom stereocenters. The summed E-state index contributed by atoms with van der Waals surface area (Å²) in [5.41, 5.74) is 0. The van der Waals surface area contributed by atoms with Gasteiger partial charge in [0.15, 0.2) is 0 Å². The van der Waals surface area contributed by atoms with E-state index in [1.54, 1.807) is 0 Å². The van der Waals surface area contributed by atoms with Crippen LogP contribution in [0.5, 0.6) is 0 Å². The van der Waals surface area contributed by atoms with E-state index in [9.17, 15) is 5.11 Å². The van der Waals surface area contributed by atoms with Crippen LogP contribution in [0.1, 0.15) is 46.0 Å². The maximum Gasteiger partial charge on any atom is 0.0552 e. The Bertz CT molecular complexity index is 243. The Morgan fingerprint density at radius 3 is 2.72 bits per heavy atom. The standard InChI is InChI=1S/C15H30N2O/c1-3-16-15-7-5-4-6-14(15)11-17-9-8-13(10-17)12(2)18/h12-16,18H,3-11H2,1-2H3. The minimum absolute atomic E-state index is 0.133. The normalized spacial score (nSPS) is 35.8. The van der Waals surface area contributed by atoms with E-state index in [1.807, 2.05) is 6.92 Å². The van der Waals surface area contributed by atoms with Gasteiger partial charge in [-0.2, -0.15) is 0 Å². The van der Waals surface area contributed by atoms with Crippen molar-refractivity contribution < 1.29 is 5.11 Å². The molecule has 1 heterocycles. The van der Waals surface area contributed by atoms with Crippen LogP contribution in [-0.4, -0.2) is 48.3 Å². The summed E-state index contributed by atoms with van der Waals surface area (Å²) in [4.78, 5) is 2.58. The topological polar surface area (TPSA) is 35.5 Å². The average molecular weight is 254 g/mol. The Balaban J connectivity index is 1.80. The largest absolute Gasteiger partial charge is 0.393 e. The minimum Gasteiger partial charge on any atom is -0.393 e. The number of hydrogen-bond acceptors (Lipinski definition) is 3. The zero-order chi connectivity index (χ0) is 13.0. The molecule has 0 amide bonds. The molecular weight excluding hydrogens is 224 g/mol. The van der Waals surface area contributed by atoms with Gasteiger partial charge in [0, 0.05) is 19.1 Å². The zero-order valence-electron chi connectivity index (χ0n) is 12.1. The molecule has 3 heteroatoms. The molecule has 2 aliphatic rings. The Hall–Kier alpha value is -0.120. The van der Waals surface area contributed by atoms with Crippen molar-refractivity contribution in [2.45, 2.75) is 58.1 Å². The first-order valence-corrected chi connectivity index (χ1v) is 7.84. The van der Waals surface area contributed by atoms with Crippen molar-refractivity contribution in [2.24, 2.45) is 11.8 Å². The van der Waals surface area contributed by atoms with Gasteiger partial charge < -0.3 is 15.3 Å². The maximum absolute atomic E-state index is 9.67. The van der Waals surface area contributed by atoms with Crippen LogP contribution in [0.3, 0.4) is 0 Å². The van der Waals surface area contributed by atoms with E-state index in [-0.39, 0.29) is 6.10 Å². The number of likely N-dealkylation sites (tertiary alicyclic amines) is 1. The Morgan fingerprint density at radius 2 is 2.06 bits per heavy atom. The Morgan fingerprint density at radius 1 is 1.28 bits per heavy atom. The molecule has 1 saturated heterocycles. The van der Waals surface area contributed by atoms with E-state index in [4.69, 9.17) is 0 Å². The van der Waals surface area contributed by atoms with E-state index < -0.39 is 0 Å². The number of aliphatic hydroxyl groups is 1. The molecular formula is C15H30N2O. The van der Waals surface area contributed by atoms with Crippen molar-refractivity contribution in [1.29, 1.82) is 0 Å². The van der Waals surface area contributed by atoms with E-state index >= 15 is 0 Å². The van der Waals surface area contributed by atoms with Crippen LogP contribution in [0.25, 0.3) is 0 Å². The molecule has 2 rings (SSSR count). The van der Waals surface area contributed by atoms with Crippen LogP contribution < -0.4 is 5.32 Å². The molecule has 0 radical (unpaired) electrons. The summed E-state index contributed by atoms with van der Waals surface area (Å²) >= 11 is 0. The predicted octanol–water partition coefficient (Wildman–Crippen LogP) is 1.86. The van der Waals surface area contributed by atoms with Gasteiger partial charge in [0.1, 0.15) is 0 Å². The number of hydrogen-bond donors (Lipinski definition) is 2. The molecule has 1 aliphatic carbocycles. The smallest absolute Gasteiger partial charge is 0.0552 e. The summed E-state index contributed by atoms with van der Waals surface area (Å²) in [6, 6.07) is 0.731. The number of rotatable bonds is 5. The van der Waals surface area contributed by atoms with E-state index in [0.29, 0.717) is 5.92 Å². The molecule has 106 valence electrons. The van der Waals surface area contributed by atoms with Crippen LogP contribution >= 0.6 is 0 Å². The van der Waals surface area contributed by atoms with Crippen molar-refractivity contribution in [3.63, 3.8) is 0 Å². The second-order valence-corrected chi connectivity index (χ2v) is 6.26. The highest BCUT2D eigenvalue weighted by molar-refractivity contribution is 4.86. The molecule has 1 aliphatic heterocycles. The van der Waals surface area contributed by atoms with E-state index in [0.717, 1.165) is 25.0 Å². The lowest BCUT2D eigenvalue weighted by atomic mass is 9.84. The van der Waals surface area contributed by atoms with Crippen LogP contribution in [0.15, 0.2) is 0 Å². The van der Waals surface area contributed by atoms with Gasteiger partial charge in [-0.1, -0.05) is 19.8 Å². The third-order valence-corrected chi connectivity index (χ3v) is 4.86. The van der Waals surface area contributed by atoms with Crippen molar-refractivity contribution in [3.8, 4) is 0 Å². The molecule has 18 heavy (non-hydrogen) atoms. The fourth-order valence-corrected chi connectivity index (χ4v) is 3.71. The molecule has 0 aromatic carbocycles. The van der Waals surface area contributed by atoms with Gasteiger partial charge in [-0.05, 0) is 51.1 Å². The summed E-state index contributed by atoms with van der Waals surface area (Å²) in [5, 5.41) is 13.3. The molecule has 4 unspecified atom stereocenters. The first-order chi connectivity index (χ1) is 8.70. The van der Waals surface area contributed by atoms with Gasteiger partial charge in [-0.15, -0.1) is 0 Å². The summed E-state index contributed by atoms with van der Waals surface area (Å²) in [6.45, 7) is 8.78. The Labute approximate surface area is 112 Å². The van der Waals surface area contributed by atoms with Gasteiger partial charge in [-0.3, -0.25) is 0 Å². The van der Waals surface area contributed by atoms with Gasteiger partial charge >= 0.3 is 0 Å². The minimum atomic E-state index is -0.133. The lowest BCUT2D eigenvalue weighted by molar-refractivity contribution is 0.121. The van der Waals surface area contributed by atoms with Crippen molar-refractivity contribution >= 4 is 0 Å². The third kappa shape index (κ3) is 3.69. The first-order valence-electron chi connectivity index (χ1n) is 7.84. The van der Waals surface area contributed by atoms with Crippen LogP contribution in [0.4, 0.5) is 0 Å². The van der Waals surface area contributed by atoms with Crippen LogP contribution in [0, 0.1) is 11.8 Å². The van der Waals surface area contributed by atoms with Crippen LogP contribution in [-0.2, 0) is 0 Å². The lowest BCUT2D eigenvalue weighted by Gasteiger charge is -2.35. The zero-order valence-corrected chi connectivity index (χ0v) is 12.1. The fourth-order valence-electron chi connectivity index (χ4n) is 3.71. The number of nitrogens with zero attached hydrogens (tertiary/aromatic N) is 1. The quantitative estimate of drug-likeness (QED) is 0.786. The molecule has 1 saturated carbocycles. The molecule has 0 bridgehead atoms. The second kappa shape index (κ2) is 6.88. The van der Waals surface area contributed by atoms with Gasteiger partial charge in [-0.25, -0.2) is 0 Å². The highest BCUT2D eigenvalue weighted by atomic mass is 16.3. The Kier molecular flexibility index (Phi) is 5.46. The average Bonchev–Trinajstić information content (AvgIpc) is 2.81. The van der Waals surface area contributed by atoms with E-state index in [1.165, 1.54) is 45.2 Å². The monoisotopic (exact) mass is 254 g/mol. The summed E-state index contributed by atoms with van der Waals surface area (Å²) in [6.07, 6.45) is 6.58. The number of nitrogens with one attached hydrogen (secondary N) is 1. The molecule has 3 nitrogen and oxygen atoms in total. The SMILES string of the molecule is CCNC1CCCCC1CN1CCC(C(C)O)C1. The fraction of sp³-hybridized carbons (Fsp3) is 1.00. The molecule has 0 aromatic heterocycles. The van der Waals surface area contributed by atoms with Crippen molar-refractivity contribution in [1.82, 2.24) is 10.2 Å². The van der Waals surface area contributed by atoms with Crippen molar-refractivity contribution in [3.05, 3.63) is 0 Å². The first kappa shape index (κ1) is 14.3. The molecule has 2 fully saturated rings. The third-order valence-electron chi connectivity index (χ3n) is 4.86. The van der Waals surface area contributed by atoms with Gasteiger partial charge in [0.2, 0.25) is 0 Å². The van der Waals surface area contributed by atoms with E-state index in [2.05, 4.69) is 17.1 Å². The number of aliphatic hydroxyl groups excluding tert-OH is 1. The van der Waals surface area contributed by atoms with Gasteiger partial charge in [0.05, 0.1) is 6.10 Å².